The second-order valence-corrected chi connectivity index (χ2v) is 9.60. The Labute approximate surface area is 171 Å². The minimum absolute atomic E-state index is 0. The highest BCUT2D eigenvalue weighted by molar-refractivity contribution is 14.0. The summed E-state index contributed by atoms with van der Waals surface area (Å²) in [7, 11) is -3.62. The van der Waals surface area contributed by atoms with Gasteiger partial charge in [-0.25, -0.2) is 18.5 Å². The van der Waals surface area contributed by atoms with E-state index >= 15 is 0 Å². The molecule has 1 aromatic heterocycles. The van der Waals surface area contributed by atoms with Gasteiger partial charge in [-0.05, 0) is 43.7 Å². The normalized spacial score (nSPS) is 23.9. The van der Waals surface area contributed by atoms with Crippen molar-refractivity contribution in [3.63, 3.8) is 0 Å². The minimum Gasteiger partial charge on any atom is -0.357 e. The monoisotopic (exact) mass is 498 g/mol. The van der Waals surface area contributed by atoms with Crippen LogP contribution < -0.4 is 10.5 Å². The second kappa shape index (κ2) is 9.01. The van der Waals surface area contributed by atoms with E-state index in [1.807, 2.05) is 0 Å². The number of hydrogen-bond donors (Lipinski definition) is 2. The highest BCUT2D eigenvalue weighted by atomic mass is 127. The molecule has 25 heavy (non-hydrogen) atoms. The van der Waals surface area contributed by atoms with Crippen LogP contribution >= 0.6 is 35.3 Å². The highest BCUT2D eigenvalue weighted by Gasteiger charge is 2.35. The quantitative estimate of drug-likeness (QED) is 0.380. The molecule has 142 valence electrons. The summed E-state index contributed by atoms with van der Waals surface area (Å²) in [6.07, 6.45) is 5.38. The molecule has 2 aliphatic rings. The number of nitrogens with one attached hydrogen (secondary N) is 1. The molecule has 1 saturated heterocycles. The summed E-state index contributed by atoms with van der Waals surface area (Å²) in [5.41, 5.74) is 0. The number of primary sulfonamides is 1. The lowest BCUT2D eigenvalue weighted by Gasteiger charge is -2.22. The molecular formula is C16H27IN4O2S2. The number of fused-ring (bicyclic) bond motifs is 1. The first kappa shape index (κ1) is 20.9. The van der Waals surface area contributed by atoms with Crippen molar-refractivity contribution >= 4 is 51.3 Å². The number of sulfonamides is 1. The fourth-order valence-corrected chi connectivity index (χ4v) is 5.46. The van der Waals surface area contributed by atoms with Crippen molar-refractivity contribution in [3.05, 3.63) is 17.0 Å². The smallest absolute Gasteiger partial charge is 0.247 e. The molecule has 2 heterocycles. The first-order chi connectivity index (χ1) is 11.5. The molecule has 0 bridgehead atoms. The molecule has 0 aromatic carbocycles. The maximum atomic E-state index is 11.4. The molecule has 2 fully saturated rings. The van der Waals surface area contributed by atoms with Gasteiger partial charge in [-0.3, -0.25) is 0 Å². The van der Waals surface area contributed by atoms with Crippen LogP contribution in [0.25, 0.3) is 0 Å². The summed E-state index contributed by atoms with van der Waals surface area (Å²) in [5.74, 6) is 2.55. The standard InChI is InChI=1S/C16H26N4O2S2.HI/c1-2-18-16(20-10-12-5-3-4-6-13(12)11-20)19-9-14-7-8-15(23-14)24(17,21)22;/h7-8,12-13H,2-6,9-11H2,1H3,(H,18,19)(H2,17,21,22);1H. The maximum absolute atomic E-state index is 11.4. The Bertz CT molecular complexity index is 691. The van der Waals surface area contributed by atoms with E-state index in [-0.39, 0.29) is 28.2 Å². The van der Waals surface area contributed by atoms with Crippen LogP contribution in [0.1, 0.15) is 37.5 Å². The minimum atomic E-state index is -3.62. The largest absolute Gasteiger partial charge is 0.357 e. The topological polar surface area (TPSA) is 87.8 Å². The Morgan fingerprint density at radius 2 is 1.96 bits per heavy atom. The van der Waals surface area contributed by atoms with Gasteiger partial charge in [-0.2, -0.15) is 0 Å². The third kappa shape index (κ3) is 5.30. The van der Waals surface area contributed by atoms with Gasteiger partial charge >= 0.3 is 0 Å². The Kier molecular flexibility index (Phi) is 7.53. The average Bonchev–Trinajstić information content (AvgIpc) is 3.17. The Balaban J connectivity index is 0.00000225. The van der Waals surface area contributed by atoms with Crippen molar-refractivity contribution < 1.29 is 8.42 Å². The number of thiophene rings is 1. The first-order valence-corrected chi connectivity index (χ1v) is 11.0. The van der Waals surface area contributed by atoms with Gasteiger partial charge in [0.25, 0.3) is 0 Å². The summed E-state index contributed by atoms with van der Waals surface area (Å²) in [6.45, 7) is 5.56. The zero-order valence-corrected chi connectivity index (χ0v) is 18.4. The molecule has 0 spiro atoms. The molecule has 3 rings (SSSR count). The lowest BCUT2D eigenvalue weighted by Crippen LogP contribution is -2.40. The zero-order chi connectivity index (χ0) is 17.2. The van der Waals surface area contributed by atoms with Crippen molar-refractivity contribution in [1.29, 1.82) is 0 Å². The molecule has 2 unspecified atom stereocenters. The molecule has 3 N–H and O–H groups in total. The number of hydrogen-bond acceptors (Lipinski definition) is 4. The Hall–Kier alpha value is -0.390. The van der Waals surface area contributed by atoms with E-state index in [1.165, 1.54) is 37.0 Å². The summed E-state index contributed by atoms with van der Waals surface area (Å²) >= 11 is 1.20. The number of rotatable bonds is 4. The van der Waals surface area contributed by atoms with E-state index in [2.05, 4.69) is 17.1 Å². The van der Waals surface area contributed by atoms with Crippen molar-refractivity contribution in [2.75, 3.05) is 19.6 Å². The van der Waals surface area contributed by atoms with Gasteiger partial charge in [0.1, 0.15) is 4.21 Å². The summed E-state index contributed by atoms with van der Waals surface area (Å²) in [6, 6.07) is 3.35. The summed E-state index contributed by atoms with van der Waals surface area (Å²) < 4.78 is 22.9. The Morgan fingerprint density at radius 1 is 1.32 bits per heavy atom. The van der Waals surface area contributed by atoms with E-state index in [1.54, 1.807) is 12.1 Å². The van der Waals surface area contributed by atoms with Crippen molar-refractivity contribution in [3.8, 4) is 0 Å². The van der Waals surface area contributed by atoms with Crippen LogP contribution in [0.5, 0.6) is 0 Å². The summed E-state index contributed by atoms with van der Waals surface area (Å²) in [4.78, 5) is 8.01. The van der Waals surface area contributed by atoms with Gasteiger partial charge in [0.2, 0.25) is 10.0 Å². The molecule has 1 saturated carbocycles. The third-order valence-electron chi connectivity index (χ3n) is 4.91. The van der Waals surface area contributed by atoms with Crippen LogP contribution in [0, 0.1) is 11.8 Å². The van der Waals surface area contributed by atoms with Crippen LogP contribution in [-0.4, -0.2) is 38.9 Å². The number of guanidine groups is 1. The molecule has 6 nitrogen and oxygen atoms in total. The number of halogens is 1. The van der Waals surface area contributed by atoms with Gasteiger partial charge in [0.05, 0.1) is 6.54 Å². The van der Waals surface area contributed by atoms with Gasteiger partial charge in [-0.1, -0.05) is 12.8 Å². The van der Waals surface area contributed by atoms with Crippen LogP contribution in [0.4, 0.5) is 0 Å². The third-order valence-corrected chi connectivity index (χ3v) is 7.42. The van der Waals surface area contributed by atoms with Gasteiger partial charge in [0.15, 0.2) is 5.96 Å². The highest BCUT2D eigenvalue weighted by Crippen LogP contribution is 2.36. The van der Waals surface area contributed by atoms with Crippen LogP contribution in [0.3, 0.4) is 0 Å². The van der Waals surface area contributed by atoms with E-state index in [0.29, 0.717) is 6.54 Å². The number of nitrogens with two attached hydrogens (primary N) is 1. The SMILES string of the molecule is CCNC(=NCc1ccc(S(N)(=O)=O)s1)N1CC2CCCCC2C1.I. The molecular weight excluding hydrogens is 471 g/mol. The molecule has 1 aliphatic heterocycles. The lowest BCUT2D eigenvalue weighted by atomic mass is 9.82. The zero-order valence-electron chi connectivity index (χ0n) is 14.5. The van der Waals surface area contributed by atoms with E-state index < -0.39 is 10.0 Å². The van der Waals surface area contributed by atoms with Gasteiger partial charge in [0, 0.05) is 24.5 Å². The van der Waals surface area contributed by atoms with E-state index in [9.17, 15) is 8.42 Å². The Morgan fingerprint density at radius 3 is 2.48 bits per heavy atom. The molecule has 0 radical (unpaired) electrons. The number of nitrogens with zero attached hydrogens (tertiary/aromatic N) is 2. The first-order valence-electron chi connectivity index (χ1n) is 8.62. The molecule has 1 aromatic rings. The fourth-order valence-electron chi connectivity index (χ4n) is 3.75. The predicted molar refractivity (Wildman–Crippen MR) is 113 cm³/mol. The van der Waals surface area contributed by atoms with Crippen LogP contribution in [0.15, 0.2) is 21.3 Å². The molecule has 9 heteroatoms. The van der Waals surface area contributed by atoms with Crippen molar-refractivity contribution in [2.24, 2.45) is 22.0 Å². The molecule has 2 atom stereocenters. The van der Waals surface area contributed by atoms with Gasteiger partial charge < -0.3 is 10.2 Å². The molecule has 1 aliphatic carbocycles. The van der Waals surface area contributed by atoms with Crippen LogP contribution in [0.2, 0.25) is 0 Å². The predicted octanol–water partition coefficient (Wildman–Crippen LogP) is 2.60. The van der Waals surface area contributed by atoms with E-state index in [0.717, 1.165) is 42.3 Å². The number of aliphatic imine (C=N–C) groups is 1. The van der Waals surface area contributed by atoms with Crippen LogP contribution in [-0.2, 0) is 16.6 Å². The average molecular weight is 498 g/mol. The van der Waals surface area contributed by atoms with Crippen molar-refractivity contribution in [1.82, 2.24) is 10.2 Å². The van der Waals surface area contributed by atoms with Gasteiger partial charge in [-0.15, -0.1) is 35.3 Å². The van der Waals surface area contributed by atoms with Crippen molar-refractivity contribution in [2.45, 2.75) is 43.4 Å². The summed E-state index contributed by atoms with van der Waals surface area (Å²) in [5, 5.41) is 8.55. The lowest BCUT2D eigenvalue weighted by molar-refractivity contribution is 0.299. The molecule has 0 amide bonds. The second-order valence-electron chi connectivity index (χ2n) is 6.65. The maximum Gasteiger partial charge on any atom is 0.247 e. The number of likely N-dealkylation sites (tertiary alicyclic amines) is 1. The van der Waals surface area contributed by atoms with E-state index in [4.69, 9.17) is 10.1 Å². The fraction of sp³-hybridized carbons (Fsp3) is 0.688.